The molecule has 6 nitrogen and oxygen atoms in total. The molecule has 1 saturated heterocycles. The first kappa shape index (κ1) is 28.4. The van der Waals surface area contributed by atoms with Crippen molar-refractivity contribution in [1.82, 2.24) is 9.55 Å². The number of nitrogens with zero attached hydrogens (tertiary/aromatic N) is 1. The molecule has 1 aliphatic rings. The number of aromatic nitrogens is 2. The molecule has 40 heavy (non-hydrogen) atoms. The minimum Gasteiger partial charge on any atom is -0.405 e. The summed E-state index contributed by atoms with van der Waals surface area (Å²) in [6.07, 6.45) is 1.54. The first-order valence-electron chi connectivity index (χ1n) is 13.6. The van der Waals surface area contributed by atoms with Gasteiger partial charge in [-0.25, -0.2) is 4.79 Å². The van der Waals surface area contributed by atoms with Crippen molar-refractivity contribution in [3.05, 3.63) is 124 Å². The molecule has 8 heteroatoms. The van der Waals surface area contributed by atoms with Crippen molar-refractivity contribution in [3.8, 4) is 0 Å². The highest BCUT2D eigenvalue weighted by molar-refractivity contribution is 8.00. The number of hydrogen-bond donors (Lipinski definition) is 1. The number of rotatable bonds is 8. The molecule has 0 amide bonds. The molecule has 1 fully saturated rings. The zero-order valence-corrected chi connectivity index (χ0v) is 25.2. The molecule has 0 bridgehead atoms. The van der Waals surface area contributed by atoms with Gasteiger partial charge in [-0.2, -0.15) is 0 Å². The molecular formula is C32H36N2O4SSi. The number of hydrogen-bond acceptors (Lipinski definition) is 5. The zero-order valence-electron chi connectivity index (χ0n) is 23.4. The Kier molecular flexibility index (Phi) is 8.33. The molecule has 2 heterocycles. The lowest BCUT2D eigenvalue weighted by Gasteiger charge is -2.43. The maximum atomic E-state index is 12.9. The molecule has 1 N–H and O–H groups in total. The van der Waals surface area contributed by atoms with Crippen molar-refractivity contribution < 1.29 is 9.16 Å². The second-order valence-corrected chi connectivity index (χ2v) is 16.9. The third-order valence-electron chi connectivity index (χ3n) is 7.50. The van der Waals surface area contributed by atoms with Crippen LogP contribution in [0.4, 0.5) is 0 Å². The van der Waals surface area contributed by atoms with Gasteiger partial charge in [0.1, 0.15) is 0 Å². The van der Waals surface area contributed by atoms with Crippen molar-refractivity contribution in [2.75, 3.05) is 6.61 Å². The third kappa shape index (κ3) is 5.67. The van der Waals surface area contributed by atoms with E-state index in [0.29, 0.717) is 18.6 Å². The Morgan fingerprint density at radius 3 is 2.02 bits per heavy atom. The Labute approximate surface area is 240 Å². The first-order valence-corrected chi connectivity index (χ1v) is 16.4. The van der Waals surface area contributed by atoms with E-state index in [1.165, 1.54) is 14.9 Å². The van der Waals surface area contributed by atoms with Crippen LogP contribution in [0.15, 0.2) is 112 Å². The molecule has 1 aliphatic heterocycles. The third-order valence-corrected chi connectivity index (χ3v) is 13.8. The van der Waals surface area contributed by atoms with Gasteiger partial charge in [-0.15, -0.1) is 11.8 Å². The van der Waals surface area contributed by atoms with Gasteiger partial charge in [0.25, 0.3) is 13.9 Å². The topological polar surface area (TPSA) is 73.3 Å². The summed E-state index contributed by atoms with van der Waals surface area (Å²) in [6.45, 7) is 8.87. The lowest BCUT2D eigenvalue weighted by Crippen LogP contribution is -2.67. The quantitative estimate of drug-likeness (QED) is 0.305. The van der Waals surface area contributed by atoms with E-state index in [2.05, 4.69) is 86.4 Å². The van der Waals surface area contributed by atoms with Gasteiger partial charge >= 0.3 is 5.69 Å². The van der Waals surface area contributed by atoms with E-state index >= 15 is 0 Å². The van der Waals surface area contributed by atoms with Crippen LogP contribution in [0, 0.1) is 6.92 Å². The molecule has 0 unspecified atom stereocenters. The van der Waals surface area contributed by atoms with E-state index < -0.39 is 20.2 Å². The molecule has 0 spiro atoms. The summed E-state index contributed by atoms with van der Waals surface area (Å²) in [5.74, 6) is 0. The Morgan fingerprint density at radius 2 is 1.48 bits per heavy atom. The maximum Gasteiger partial charge on any atom is 0.330 e. The van der Waals surface area contributed by atoms with Gasteiger partial charge in [0, 0.05) is 16.7 Å². The second-order valence-electron chi connectivity index (χ2n) is 11.3. The predicted molar refractivity (Wildman–Crippen MR) is 164 cm³/mol. The number of ether oxygens (including phenoxy) is 1. The number of thioether (sulfide) groups is 1. The van der Waals surface area contributed by atoms with Crippen LogP contribution >= 0.6 is 11.8 Å². The van der Waals surface area contributed by atoms with Crippen molar-refractivity contribution in [2.24, 2.45) is 0 Å². The maximum absolute atomic E-state index is 12.9. The molecule has 208 valence electrons. The van der Waals surface area contributed by atoms with Crippen LogP contribution in [0.3, 0.4) is 0 Å². The summed E-state index contributed by atoms with van der Waals surface area (Å²) >= 11 is 1.69. The summed E-state index contributed by atoms with van der Waals surface area (Å²) in [6, 6.07) is 31.2. The van der Waals surface area contributed by atoms with Gasteiger partial charge in [0.2, 0.25) is 0 Å². The molecular weight excluding hydrogens is 537 g/mol. The molecule has 0 radical (unpaired) electrons. The van der Waals surface area contributed by atoms with Crippen LogP contribution in [0.2, 0.25) is 5.04 Å². The second kappa shape index (κ2) is 11.7. The first-order chi connectivity index (χ1) is 19.2. The predicted octanol–water partition coefficient (Wildman–Crippen LogP) is 4.87. The molecule has 3 atom stereocenters. The summed E-state index contributed by atoms with van der Waals surface area (Å²) in [7, 11) is -2.74. The van der Waals surface area contributed by atoms with E-state index in [-0.39, 0.29) is 22.0 Å². The van der Waals surface area contributed by atoms with E-state index in [9.17, 15) is 9.59 Å². The summed E-state index contributed by atoms with van der Waals surface area (Å²) in [5, 5.41) is 2.23. The van der Waals surface area contributed by atoms with Gasteiger partial charge in [0.05, 0.1) is 18.0 Å². The number of H-pyrrole nitrogens is 1. The Morgan fingerprint density at radius 1 is 0.925 bits per heavy atom. The van der Waals surface area contributed by atoms with E-state index in [1.807, 2.05) is 30.3 Å². The smallest absolute Gasteiger partial charge is 0.330 e. The van der Waals surface area contributed by atoms with Gasteiger partial charge in [-0.05, 0) is 40.9 Å². The standard InChI is InChI=1S/C32H36N2O4SSi/c1-23-21-34(31(36)33-29(23)35)30-28(39-25-14-8-5-9-15-25)20-24(38-30)22-37-40(32(2,3)4,26-16-10-6-11-17-26)27-18-12-7-13-19-27/h5-19,21,24,28,30H,20,22H2,1-4H3,(H,33,35,36)/t24-,28+,30+/m0/s1. The fraction of sp³-hybridized carbons (Fsp3) is 0.312. The van der Waals surface area contributed by atoms with Crippen molar-refractivity contribution in [2.45, 2.75) is 61.6 Å². The molecule has 0 aliphatic carbocycles. The van der Waals surface area contributed by atoms with Gasteiger partial charge in [-0.3, -0.25) is 14.3 Å². The van der Waals surface area contributed by atoms with Crippen molar-refractivity contribution in [1.29, 1.82) is 0 Å². The lowest BCUT2D eigenvalue weighted by atomic mass is 10.2. The van der Waals surface area contributed by atoms with Crippen LogP contribution < -0.4 is 21.6 Å². The van der Waals surface area contributed by atoms with Crippen LogP contribution in [0.25, 0.3) is 0 Å². The lowest BCUT2D eigenvalue weighted by molar-refractivity contribution is -0.0204. The highest BCUT2D eigenvalue weighted by Gasteiger charge is 2.51. The normalized spacial score (nSPS) is 19.6. The van der Waals surface area contributed by atoms with Crippen LogP contribution in [-0.2, 0) is 9.16 Å². The van der Waals surface area contributed by atoms with E-state index in [4.69, 9.17) is 9.16 Å². The Hall–Kier alpha value is -3.17. The van der Waals surface area contributed by atoms with E-state index in [0.717, 1.165) is 4.90 Å². The summed E-state index contributed by atoms with van der Waals surface area (Å²) < 4.78 is 15.3. The monoisotopic (exact) mass is 572 g/mol. The van der Waals surface area contributed by atoms with Crippen LogP contribution in [-0.4, -0.2) is 35.8 Å². The molecule has 5 rings (SSSR count). The largest absolute Gasteiger partial charge is 0.405 e. The van der Waals surface area contributed by atoms with Crippen molar-refractivity contribution >= 4 is 30.5 Å². The molecule has 1 aromatic heterocycles. The highest BCUT2D eigenvalue weighted by atomic mass is 32.2. The average molecular weight is 573 g/mol. The minimum absolute atomic E-state index is 0.0434. The fourth-order valence-corrected chi connectivity index (χ4v) is 11.5. The van der Waals surface area contributed by atoms with Crippen LogP contribution in [0.1, 0.15) is 39.0 Å². The molecule has 0 saturated carbocycles. The highest BCUT2D eigenvalue weighted by Crippen LogP contribution is 2.42. The number of aromatic amines is 1. The minimum atomic E-state index is -2.74. The molecule has 4 aromatic rings. The number of aryl methyl sites for hydroxylation is 1. The van der Waals surface area contributed by atoms with Gasteiger partial charge in [0.15, 0.2) is 6.23 Å². The van der Waals surface area contributed by atoms with E-state index in [1.54, 1.807) is 24.9 Å². The van der Waals surface area contributed by atoms with Crippen molar-refractivity contribution in [3.63, 3.8) is 0 Å². The molecule has 3 aromatic carbocycles. The summed E-state index contributed by atoms with van der Waals surface area (Å²) in [5.41, 5.74) is -0.371. The average Bonchev–Trinajstić information content (AvgIpc) is 3.34. The zero-order chi connectivity index (χ0) is 28.3. The SMILES string of the molecule is Cc1cn([C@@H]2O[C@H](CO[Si](c3ccccc3)(c3ccccc3)C(C)(C)C)C[C@H]2Sc2ccccc2)c(=O)[nH]c1=O. The van der Waals surface area contributed by atoms with Gasteiger partial charge < -0.3 is 9.16 Å². The number of benzene rings is 3. The number of nitrogens with one attached hydrogen (secondary N) is 1. The van der Waals surface area contributed by atoms with Crippen LogP contribution in [0.5, 0.6) is 0 Å². The summed E-state index contributed by atoms with van der Waals surface area (Å²) in [4.78, 5) is 28.5. The fourth-order valence-electron chi connectivity index (χ4n) is 5.60. The Balaban J connectivity index is 1.49. The Bertz CT molecular complexity index is 1500. The van der Waals surface area contributed by atoms with Gasteiger partial charge in [-0.1, -0.05) is 99.6 Å².